The summed E-state index contributed by atoms with van der Waals surface area (Å²) in [5, 5.41) is 0. The van der Waals surface area contributed by atoms with Crippen molar-refractivity contribution in [3.8, 4) is 0 Å². The van der Waals surface area contributed by atoms with Crippen LogP contribution in [0.15, 0.2) is 39.9 Å². The zero-order chi connectivity index (χ0) is 23.9. The van der Waals surface area contributed by atoms with Gasteiger partial charge in [0, 0.05) is 18.7 Å². The Balaban J connectivity index is 1.77. The lowest BCUT2D eigenvalue weighted by Gasteiger charge is -2.34. The van der Waals surface area contributed by atoms with Gasteiger partial charge in [-0.15, -0.1) is 11.8 Å². The molecule has 2 saturated heterocycles. The van der Waals surface area contributed by atoms with Crippen molar-refractivity contribution in [2.45, 2.75) is 51.1 Å². The predicted molar refractivity (Wildman–Crippen MR) is 129 cm³/mol. The lowest BCUT2D eigenvalue weighted by atomic mass is 10.1. The highest BCUT2D eigenvalue weighted by Gasteiger charge is 2.54. The molecule has 3 heterocycles. The highest BCUT2D eigenvalue weighted by molar-refractivity contribution is 8.01. The molecular formula is C23H29N5O4S. The van der Waals surface area contributed by atoms with Crippen molar-refractivity contribution < 1.29 is 9.59 Å². The molecule has 0 radical (unpaired) electrons. The van der Waals surface area contributed by atoms with Crippen molar-refractivity contribution in [2.75, 3.05) is 22.9 Å². The molecule has 2 aliphatic heterocycles. The second-order valence-corrected chi connectivity index (χ2v) is 10.7. The first kappa shape index (κ1) is 23.2. The van der Waals surface area contributed by atoms with Crippen LogP contribution in [0.25, 0.3) is 0 Å². The van der Waals surface area contributed by atoms with E-state index in [1.807, 2.05) is 51.1 Å². The molecule has 2 amide bonds. The zero-order valence-electron chi connectivity index (χ0n) is 19.0. The molecule has 0 unspecified atom stereocenters. The Labute approximate surface area is 195 Å². The summed E-state index contributed by atoms with van der Waals surface area (Å²) >= 11 is 1.59. The molecular weight excluding hydrogens is 442 g/mol. The number of nitrogen functional groups attached to an aromatic ring is 1. The zero-order valence-corrected chi connectivity index (χ0v) is 19.9. The van der Waals surface area contributed by atoms with E-state index in [0.29, 0.717) is 18.6 Å². The highest BCUT2D eigenvalue weighted by atomic mass is 32.2. The van der Waals surface area contributed by atoms with E-state index in [1.165, 1.54) is 9.47 Å². The number of carbonyl (C=O) groups excluding carboxylic acids is 2. The molecule has 10 heteroatoms. The summed E-state index contributed by atoms with van der Waals surface area (Å²) in [6, 6.07) is 8.58. The molecule has 33 heavy (non-hydrogen) atoms. The average Bonchev–Trinajstić information content (AvgIpc) is 3.26. The van der Waals surface area contributed by atoms with Gasteiger partial charge in [-0.3, -0.25) is 23.9 Å². The molecule has 0 bridgehead atoms. The first-order valence-electron chi connectivity index (χ1n) is 11.1. The number of anilines is 2. The lowest BCUT2D eigenvalue weighted by Crippen LogP contribution is -2.53. The summed E-state index contributed by atoms with van der Waals surface area (Å²) in [4.78, 5) is 56.9. The number of nitrogens with one attached hydrogen (secondary N) is 1. The van der Waals surface area contributed by atoms with Crippen LogP contribution in [0.2, 0.25) is 0 Å². The van der Waals surface area contributed by atoms with E-state index in [9.17, 15) is 19.2 Å². The third-order valence-corrected chi connectivity index (χ3v) is 7.72. The van der Waals surface area contributed by atoms with Gasteiger partial charge in [0.2, 0.25) is 5.91 Å². The fraction of sp³-hybridized carbons (Fsp3) is 0.478. The largest absolute Gasteiger partial charge is 0.383 e. The molecule has 0 aliphatic carbocycles. The van der Waals surface area contributed by atoms with Crippen molar-refractivity contribution in [3.63, 3.8) is 0 Å². The van der Waals surface area contributed by atoms with Crippen molar-refractivity contribution in [1.29, 1.82) is 0 Å². The molecule has 2 aromatic rings. The maximum absolute atomic E-state index is 13.8. The van der Waals surface area contributed by atoms with Gasteiger partial charge in [-0.1, -0.05) is 44.2 Å². The van der Waals surface area contributed by atoms with Gasteiger partial charge in [-0.25, -0.2) is 4.79 Å². The molecule has 2 aliphatic rings. The van der Waals surface area contributed by atoms with Gasteiger partial charge in [0.1, 0.15) is 11.9 Å². The smallest absolute Gasteiger partial charge is 0.330 e. The van der Waals surface area contributed by atoms with Crippen LogP contribution >= 0.6 is 11.8 Å². The topological polar surface area (TPSA) is 121 Å². The monoisotopic (exact) mass is 471 g/mol. The van der Waals surface area contributed by atoms with E-state index in [2.05, 4.69) is 4.98 Å². The normalized spacial score (nSPS) is 22.1. The number of hydrogen-bond acceptors (Lipinski definition) is 6. The number of aromatic nitrogens is 2. The van der Waals surface area contributed by atoms with Crippen LogP contribution in [0, 0.1) is 5.92 Å². The number of hydrogen-bond donors (Lipinski definition) is 2. The van der Waals surface area contributed by atoms with Crippen molar-refractivity contribution in [3.05, 3.63) is 56.7 Å². The Morgan fingerprint density at radius 1 is 1.27 bits per heavy atom. The number of thioether (sulfide) groups is 1. The molecule has 3 N–H and O–H groups in total. The fourth-order valence-corrected chi connectivity index (χ4v) is 6.02. The standard InChI is InChI=1S/C23H29N5O4S/c1-14(2)11-26(21(31)16-13-33-23(3)10-9-17(29)28(16)23)18-19(24)27(22(32)25-20(18)30)12-15-7-5-4-6-8-15/h4-8,14,16H,9-13,24H2,1-3H3,(H,25,30,32)/t16-,23+/m1/s1. The van der Waals surface area contributed by atoms with Crippen molar-refractivity contribution in [2.24, 2.45) is 5.92 Å². The van der Waals surface area contributed by atoms with Gasteiger partial charge in [-0.2, -0.15) is 0 Å². The highest BCUT2D eigenvalue weighted by Crippen LogP contribution is 2.47. The SMILES string of the molecule is CC(C)CN(C(=O)[C@H]1CS[C@@]2(C)CCC(=O)N12)c1c(N)n(Cc2ccccc2)c(=O)[nH]c1=O. The van der Waals surface area contributed by atoms with Crippen LogP contribution < -0.4 is 21.9 Å². The second kappa shape index (κ2) is 8.74. The van der Waals surface area contributed by atoms with Crippen LogP contribution in [0.3, 0.4) is 0 Å². The molecule has 4 rings (SSSR count). The molecule has 176 valence electrons. The van der Waals surface area contributed by atoms with Crippen LogP contribution in [0.1, 0.15) is 39.2 Å². The summed E-state index contributed by atoms with van der Waals surface area (Å²) in [5.74, 6) is 0.00947. The number of carbonyl (C=O) groups is 2. The summed E-state index contributed by atoms with van der Waals surface area (Å²) in [5.41, 5.74) is 5.80. The number of benzene rings is 1. The van der Waals surface area contributed by atoms with Crippen LogP contribution in [-0.2, 0) is 16.1 Å². The number of fused-ring (bicyclic) bond motifs is 1. The molecule has 9 nitrogen and oxygen atoms in total. The third kappa shape index (κ3) is 4.19. The van der Waals surface area contributed by atoms with E-state index in [0.717, 1.165) is 5.56 Å². The summed E-state index contributed by atoms with van der Waals surface area (Å²) in [6.07, 6.45) is 1.09. The summed E-state index contributed by atoms with van der Waals surface area (Å²) < 4.78 is 1.27. The van der Waals surface area contributed by atoms with Crippen LogP contribution in [-0.4, -0.2) is 49.5 Å². The minimum Gasteiger partial charge on any atom is -0.383 e. The minimum absolute atomic E-state index is 0.0250. The van der Waals surface area contributed by atoms with Gasteiger partial charge >= 0.3 is 5.69 Å². The number of rotatable bonds is 6. The van der Waals surface area contributed by atoms with Crippen LogP contribution in [0.5, 0.6) is 0 Å². The van der Waals surface area contributed by atoms with E-state index in [-0.39, 0.29) is 42.3 Å². The Hall–Kier alpha value is -3.01. The van der Waals surface area contributed by atoms with Gasteiger partial charge in [0.25, 0.3) is 11.5 Å². The Morgan fingerprint density at radius 2 is 1.97 bits per heavy atom. The van der Waals surface area contributed by atoms with Gasteiger partial charge in [-0.05, 0) is 24.8 Å². The van der Waals surface area contributed by atoms with Crippen molar-refractivity contribution >= 4 is 35.1 Å². The Bertz CT molecular complexity index is 1190. The number of nitrogens with zero attached hydrogens (tertiary/aromatic N) is 3. The minimum atomic E-state index is -0.711. The van der Waals surface area contributed by atoms with E-state index < -0.39 is 22.2 Å². The van der Waals surface area contributed by atoms with Crippen molar-refractivity contribution in [1.82, 2.24) is 14.5 Å². The summed E-state index contributed by atoms with van der Waals surface area (Å²) in [7, 11) is 0. The number of nitrogens with two attached hydrogens (primary N) is 1. The number of aromatic amines is 1. The maximum Gasteiger partial charge on any atom is 0.330 e. The average molecular weight is 472 g/mol. The first-order chi connectivity index (χ1) is 15.6. The van der Waals surface area contributed by atoms with E-state index >= 15 is 0 Å². The summed E-state index contributed by atoms with van der Waals surface area (Å²) in [6.45, 7) is 6.22. The Kier molecular flexibility index (Phi) is 6.13. The lowest BCUT2D eigenvalue weighted by molar-refractivity contribution is -0.136. The predicted octanol–water partition coefficient (Wildman–Crippen LogP) is 1.61. The molecule has 2 fully saturated rings. The van der Waals surface area contributed by atoms with E-state index in [4.69, 9.17) is 5.73 Å². The molecule has 2 atom stereocenters. The molecule has 1 aromatic carbocycles. The molecule has 0 saturated carbocycles. The van der Waals surface area contributed by atoms with Gasteiger partial charge in [0.15, 0.2) is 5.69 Å². The van der Waals surface area contributed by atoms with Gasteiger partial charge < -0.3 is 15.5 Å². The van der Waals surface area contributed by atoms with Gasteiger partial charge in [0.05, 0.1) is 11.4 Å². The quantitative estimate of drug-likeness (QED) is 0.660. The number of H-pyrrole nitrogens is 1. The third-order valence-electron chi connectivity index (χ3n) is 6.21. The maximum atomic E-state index is 13.8. The molecule has 1 aromatic heterocycles. The van der Waals surface area contributed by atoms with Crippen LogP contribution in [0.4, 0.5) is 11.5 Å². The second-order valence-electron chi connectivity index (χ2n) is 9.17. The number of amides is 2. The molecule has 0 spiro atoms. The first-order valence-corrected chi connectivity index (χ1v) is 12.0. The fourth-order valence-electron chi connectivity index (χ4n) is 4.60. The van der Waals surface area contributed by atoms with E-state index in [1.54, 1.807) is 16.7 Å². The Morgan fingerprint density at radius 3 is 2.64 bits per heavy atom.